The van der Waals surface area contributed by atoms with Gasteiger partial charge >= 0.3 is 0 Å². The molecule has 20 heavy (non-hydrogen) atoms. The van der Waals surface area contributed by atoms with Crippen LogP contribution in [0.1, 0.15) is 31.4 Å². The number of hydrogen-bond donors (Lipinski definition) is 1. The van der Waals surface area contributed by atoms with Crippen molar-refractivity contribution in [2.75, 3.05) is 26.2 Å². The molecule has 1 aliphatic heterocycles. The molecule has 0 amide bonds. The predicted molar refractivity (Wildman–Crippen MR) is 74.4 cm³/mol. The van der Waals surface area contributed by atoms with E-state index in [0.29, 0.717) is 12.1 Å². The van der Waals surface area contributed by atoms with Crippen molar-refractivity contribution in [3.63, 3.8) is 0 Å². The Morgan fingerprint density at radius 2 is 2.20 bits per heavy atom. The normalized spacial score (nSPS) is 20.6. The molecule has 1 saturated heterocycles. The van der Waals surface area contributed by atoms with Crippen LogP contribution >= 0.6 is 0 Å². The summed E-state index contributed by atoms with van der Waals surface area (Å²) in [5, 5.41) is 0. The minimum Gasteiger partial charge on any atom is -0.377 e. The Kier molecular flexibility index (Phi) is 5.46. The van der Waals surface area contributed by atoms with Gasteiger partial charge < -0.3 is 10.5 Å². The van der Waals surface area contributed by atoms with Gasteiger partial charge in [-0.15, -0.1) is 0 Å². The highest BCUT2D eigenvalue weighted by Crippen LogP contribution is 2.18. The zero-order chi connectivity index (χ0) is 14.5. The van der Waals surface area contributed by atoms with Gasteiger partial charge in [-0.2, -0.15) is 0 Å². The second kappa shape index (κ2) is 7.11. The van der Waals surface area contributed by atoms with E-state index in [1.807, 2.05) is 0 Å². The highest BCUT2D eigenvalue weighted by Gasteiger charge is 2.20. The quantitative estimate of drug-likeness (QED) is 0.872. The van der Waals surface area contributed by atoms with Crippen molar-refractivity contribution >= 4 is 0 Å². The molecule has 1 fully saturated rings. The molecule has 0 aliphatic carbocycles. The molecule has 2 atom stereocenters. The summed E-state index contributed by atoms with van der Waals surface area (Å²) in [6.45, 7) is 5.21. The van der Waals surface area contributed by atoms with Gasteiger partial charge in [0.25, 0.3) is 0 Å². The molecule has 0 bridgehead atoms. The molecule has 1 aliphatic rings. The predicted octanol–water partition coefficient (Wildman–Crippen LogP) is 2.47. The van der Waals surface area contributed by atoms with E-state index in [0.717, 1.165) is 38.6 Å². The summed E-state index contributed by atoms with van der Waals surface area (Å²) < 4.78 is 31.8. The fourth-order valence-electron chi connectivity index (χ4n) is 2.54. The van der Waals surface area contributed by atoms with E-state index in [4.69, 9.17) is 10.5 Å². The minimum atomic E-state index is -0.847. The maximum Gasteiger partial charge on any atom is 0.159 e. The monoisotopic (exact) mass is 284 g/mol. The third-order valence-corrected chi connectivity index (χ3v) is 3.76. The van der Waals surface area contributed by atoms with Crippen LogP contribution in [0.15, 0.2) is 18.2 Å². The fourth-order valence-corrected chi connectivity index (χ4v) is 2.54. The van der Waals surface area contributed by atoms with Crippen LogP contribution in [0.5, 0.6) is 0 Å². The third-order valence-electron chi connectivity index (χ3n) is 3.76. The van der Waals surface area contributed by atoms with E-state index >= 15 is 0 Å². The van der Waals surface area contributed by atoms with Crippen LogP contribution in [0.3, 0.4) is 0 Å². The van der Waals surface area contributed by atoms with Crippen LogP contribution in [0, 0.1) is 11.6 Å². The Hall–Kier alpha value is -1.04. The van der Waals surface area contributed by atoms with Gasteiger partial charge in [0, 0.05) is 25.7 Å². The van der Waals surface area contributed by atoms with Gasteiger partial charge in [-0.05, 0) is 37.1 Å². The maximum absolute atomic E-state index is 13.2. The molecule has 1 aromatic rings. The first kappa shape index (κ1) is 15.4. The lowest BCUT2D eigenvalue weighted by molar-refractivity contribution is 0.0729. The standard InChI is InChI=1S/C15H22F2N2O/c1-2-19(9-12-4-3-7-20-12)10-15(18)11-5-6-13(16)14(17)8-11/h5-6,8,12,15H,2-4,7,9-10,18H2,1H3. The molecule has 2 unspecified atom stereocenters. The van der Waals surface area contributed by atoms with Gasteiger partial charge in [-0.25, -0.2) is 8.78 Å². The van der Waals surface area contributed by atoms with Crippen LogP contribution in [0.4, 0.5) is 8.78 Å². The lowest BCUT2D eigenvalue weighted by Gasteiger charge is -2.26. The topological polar surface area (TPSA) is 38.5 Å². The third kappa shape index (κ3) is 3.98. The number of benzene rings is 1. The van der Waals surface area contributed by atoms with Crippen LogP contribution < -0.4 is 5.73 Å². The summed E-state index contributed by atoms with van der Waals surface area (Å²) in [6, 6.07) is 3.52. The SMILES string of the molecule is CCN(CC1CCCO1)CC(N)c1ccc(F)c(F)c1. The molecular weight excluding hydrogens is 262 g/mol. The molecule has 0 aromatic heterocycles. The number of nitrogens with zero attached hydrogens (tertiary/aromatic N) is 1. The fraction of sp³-hybridized carbons (Fsp3) is 0.600. The highest BCUT2D eigenvalue weighted by atomic mass is 19.2. The Labute approximate surface area is 118 Å². The molecule has 2 rings (SSSR count). The largest absolute Gasteiger partial charge is 0.377 e. The molecule has 1 heterocycles. The summed E-state index contributed by atoms with van der Waals surface area (Å²) >= 11 is 0. The summed E-state index contributed by atoms with van der Waals surface area (Å²) in [6.07, 6.45) is 2.46. The smallest absolute Gasteiger partial charge is 0.159 e. The molecule has 0 radical (unpaired) electrons. The Bertz CT molecular complexity index is 436. The van der Waals surface area contributed by atoms with Gasteiger partial charge in [0.1, 0.15) is 0 Å². The van der Waals surface area contributed by atoms with E-state index < -0.39 is 11.6 Å². The molecule has 5 heteroatoms. The second-order valence-electron chi connectivity index (χ2n) is 5.27. The van der Waals surface area contributed by atoms with Gasteiger partial charge in [-0.1, -0.05) is 13.0 Å². The number of ether oxygens (including phenoxy) is 1. The Balaban J connectivity index is 1.93. The molecule has 0 saturated carbocycles. The van der Waals surface area contributed by atoms with Crippen molar-refractivity contribution in [3.8, 4) is 0 Å². The van der Waals surface area contributed by atoms with Crippen LogP contribution in [-0.2, 0) is 4.74 Å². The van der Waals surface area contributed by atoms with Gasteiger partial charge in [0.05, 0.1) is 6.10 Å². The van der Waals surface area contributed by atoms with E-state index in [1.165, 1.54) is 6.07 Å². The lowest BCUT2D eigenvalue weighted by Crippen LogP contribution is -2.37. The van der Waals surface area contributed by atoms with Crippen molar-refractivity contribution in [2.24, 2.45) is 5.73 Å². The van der Waals surface area contributed by atoms with Crippen molar-refractivity contribution in [2.45, 2.75) is 31.9 Å². The number of rotatable bonds is 6. The number of halogens is 2. The second-order valence-corrected chi connectivity index (χ2v) is 5.27. The molecule has 0 spiro atoms. The molecular formula is C15H22F2N2O. The summed E-state index contributed by atoms with van der Waals surface area (Å²) in [5.41, 5.74) is 6.71. The van der Waals surface area contributed by atoms with Crippen molar-refractivity contribution in [3.05, 3.63) is 35.4 Å². The molecule has 2 N–H and O–H groups in total. The van der Waals surface area contributed by atoms with Gasteiger partial charge in [0.15, 0.2) is 11.6 Å². The molecule has 3 nitrogen and oxygen atoms in total. The van der Waals surface area contributed by atoms with Gasteiger partial charge in [-0.3, -0.25) is 4.90 Å². The van der Waals surface area contributed by atoms with Crippen molar-refractivity contribution in [1.29, 1.82) is 0 Å². The van der Waals surface area contributed by atoms with Crippen LogP contribution in [0.25, 0.3) is 0 Å². The zero-order valence-corrected chi connectivity index (χ0v) is 11.8. The van der Waals surface area contributed by atoms with E-state index in [2.05, 4.69) is 11.8 Å². The molecule has 1 aromatic carbocycles. The van der Waals surface area contributed by atoms with E-state index in [1.54, 1.807) is 6.07 Å². The Morgan fingerprint density at radius 1 is 1.40 bits per heavy atom. The maximum atomic E-state index is 13.2. The number of hydrogen-bond acceptors (Lipinski definition) is 3. The minimum absolute atomic E-state index is 0.270. The van der Waals surface area contributed by atoms with E-state index in [-0.39, 0.29) is 12.1 Å². The summed E-state index contributed by atoms with van der Waals surface area (Å²) in [4.78, 5) is 2.20. The van der Waals surface area contributed by atoms with Gasteiger partial charge in [0.2, 0.25) is 0 Å². The first-order valence-electron chi connectivity index (χ1n) is 7.14. The number of nitrogens with two attached hydrogens (primary N) is 1. The van der Waals surface area contributed by atoms with Crippen molar-refractivity contribution < 1.29 is 13.5 Å². The summed E-state index contributed by atoms with van der Waals surface area (Å²) in [7, 11) is 0. The van der Waals surface area contributed by atoms with E-state index in [9.17, 15) is 8.78 Å². The number of likely N-dealkylation sites (N-methyl/N-ethyl adjacent to an activating group) is 1. The average Bonchev–Trinajstić information content (AvgIpc) is 2.93. The zero-order valence-electron chi connectivity index (χ0n) is 11.8. The Morgan fingerprint density at radius 3 is 2.80 bits per heavy atom. The first-order valence-corrected chi connectivity index (χ1v) is 7.14. The first-order chi connectivity index (χ1) is 9.60. The molecule has 112 valence electrons. The summed E-state index contributed by atoms with van der Waals surface area (Å²) in [5.74, 6) is -1.69. The van der Waals surface area contributed by atoms with Crippen molar-refractivity contribution in [1.82, 2.24) is 4.90 Å². The average molecular weight is 284 g/mol. The lowest BCUT2D eigenvalue weighted by atomic mass is 10.1. The van der Waals surface area contributed by atoms with Crippen LogP contribution in [-0.4, -0.2) is 37.2 Å². The highest BCUT2D eigenvalue weighted by molar-refractivity contribution is 5.21. The van der Waals surface area contributed by atoms with Crippen LogP contribution in [0.2, 0.25) is 0 Å².